The SMILES string of the molecule is CC(C)C1=C[C@@H](c2ccccc2)C(C#N)(C#N)[C@H](C)C1. The summed E-state index contributed by atoms with van der Waals surface area (Å²) in [7, 11) is 0. The lowest BCUT2D eigenvalue weighted by Gasteiger charge is -2.38. The molecule has 0 saturated heterocycles. The maximum atomic E-state index is 9.67. The molecule has 1 aliphatic rings. The molecular formula is C18H20N2. The van der Waals surface area contributed by atoms with Crippen LogP contribution in [-0.4, -0.2) is 0 Å². The van der Waals surface area contributed by atoms with Crippen molar-refractivity contribution in [2.24, 2.45) is 17.3 Å². The molecule has 102 valence electrons. The lowest BCUT2D eigenvalue weighted by Crippen LogP contribution is -2.36. The average Bonchev–Trinajstić information content (AvgIpc) is 2.47. The molecule has 20 heavy (non-hydrogen) atoms. The van der Waals surface area contributed by atoms with Crippen LogP contribution in [0.25, 0.3) is 0 Å². The topological polar surface area (TPSA) is 47.6 Å². The van der Waals surface area contributed by atoms with Gasteiger partial charge in [-0.3, -0.25) is 0 Å². The van der Waals surface area contributed by atoms with Crippen LogP contribution in [-0.2, 0) is 0 Å². The first-order chi connectivity index (χ1) is 9.55. The van der Waals surface area contributed by atoms with Crippen molar-refractivity contribution in [2.75, 3.05) is 0 Å². The smallest absolute Gasteiger partial charge is 0.156 e. The van der Waals surface area contributed by atoms with Crippen LogP contribution in [0.5, 0.6) is 0 Å². The van der Waals surface area contributed by atoms with Crippen molar-refractivity contribution < 1.29 is 0 Å². The lowest BCUT2D eigenvalue weighted by molar-refractivity contribution is 0.282. The van der Waals surface area contributed by atoms with Crippen LogP contribution in [0.15, 0.2) is 42.0 Å². The molecule has 0 heterocycles. The average molecular weight is 264 g/mol. The zero-order valence-electron chi connectivity index (χ0n) is 12.3. The Balaban J connectivity index is 2.60. The van der Waals surface area contributed by atoms with Gasteiger partial charge in [0.25, 0.3) is 0 Å². The minimum atomic E-state index is -0.959. The summed E-state index contributed by atoms with van der Waals surface area (Å²) in [5.41, 5.74) is 1.45. The molecule has 0 aliphatic heterocycles. The number of rotatable bonds is 2. The van der Waals surface area contributed by atoms with Gasteiger partial charge in [0.1, 0.15) is 0 Å². The first-order valence-corrected chi connectivity index (χ1v) is 7.13. The zero-order valence-corrected chi connectivity index (χ0v) is 12.3. The molecule has 2 nitrogen and oxygen atoms in total. The second kappa shape index (κ2) is 5.51. The minimum Gasteiger partial charge on any atom is -0.197 e. The van der Waals surface area contributed by atoms with Gasteiger partial charge in [-0.15, -0.1) is 0 Å². The summed E-state index contributed by atoms with van der Waals surface area (Å²) < 4.78 is 0. The van der Waals surface area contributed by atoms with Gasteiger partial charge in [-0.25, -0.2) is 0 Å². The van der Waals surface area contributed by atoms with E-state index in [1.54, 1.807) is 0 Å². The predicted molar refractivity (Wildman–Crippen MR) is 79.5 cm³/mol. The first kappa shape index (κ1) is 14.4. The van der Waals surface area contributed by atoms with Crippen molar-refractivity contribution >= 4 is 0 Å². The van der Waals surface area contributed by atoms with Gasteiger partial charge in [-0.05, 0) is 23.8 Å². The Bertz CT molecular complexity index is 570. The highest BCUT2D eigenvalue weighted by Gasteiger charge is 2.47. The third kappa shape index (κ3) is 2.23. The molecule has 0 N–H and O–H groups in total. The summed E-state index contributed by atoms with van der Waals surface area (Å²) in [6, 6.07) is 14.6. The van der Waals surface area contributed by atoms with E-state index in [4.69, 9.17) is 0 Å². The van der Waals surface area contributed by atoms with Crippen molar-refractivity contribution in [3.8, 4) is 12.1 Å². The van der Waals surface area contributed by atoms with Crippen LogP contribution in [0, 0.1) is 39.9 Å². The summed E-state index contributed by atoms with van der Waals surface area (Å²) in [5, 5.41) is 19.3. The van der Waals surface area contributed by atoms with E-state index in [1.807, 2.05) is 37.3 Å². The molecule has 0 spiro atoms. The minimum absolute atomic E-state index is 0.0464. The third-order valence-corrected chi connectivity index (χ3v) is 4.46. The van der Waals surface area contributed by atoms with Gasteiger partial charge < -0.3 is 0 Å². The van der Waals surface area contributed by atoms with Gasteiger partial charge >= 0.3 is 0 Å². The van der Waals surface area contributed by atoms with Crippen molar-refractivity contribution in [1.82, 2.24) is 0 Å². The number of nitrogens with zero attached hydrogens (tertiary/aromatic N) is 2. The molecular weight excluding hydrogens is 244 g/mol. The molecule has 1 aromatic carbocycles. The van der Waals surface area contributed by atoms with E-state index < -0.39 is 5.41 Å². The number of nitriles is 2. The molecule has 0 radical (unpaired) electrons. The second-order valence-electron chi connectivity index (χ2n) is 5.98. The van der Waals surface area contributed by atoms with E-state index in [0.717, 1.165) is 12.0 Å². The monoisotopic (exact) mass is 264 g/mol. The molecule has 2 atom stereocenters. The Morgan fingerprint density at radius 2 is 1.75 bits per heavy atom. The number of hydrogen-bond acceptors (Lipinski definition) is 2. The molecule has 0 unspecified atom stereocenters. The fraction of sp³-hybridized carbons (Fsp3) is 0.444. The van der Waals surface area contributed by atoms with Crippen molar-refractivity contribution in [2.45, 2.75) is 33.1 Å². The van der Waals surface area contributed by atoms with Crippen LogP contribution in [0.4, 0.5) is 0 Å². The number of allylic oxidation sites excluding steroid dienone is 2. The summed E-state index contributed by atoms with van der Waals surface area (Å²) in [5.74, 6) is 0.365. The maximum Gasteiger partial charge on any atom is 0.156 e. The van der Waals surface area contributed by atoms with Gasteiger partial charge in [0, 0.05) is 5.92 Å². The molecule has 0 bridgehead atoms. The van der Waals surface area contributed by atoms with E-state index in [0.29, 0.717) is 5.92 Å². The fourth-order valence-corrected chi connectivity index (χ4v) is 3.07. The highest BCUT2D eigenvalue weighted by atomic mass is 14.5. The summed E-state index contributed by atoms with van der Waals surface area (Å²) >= 11 is 0. The van der Waals surface area contributed by atoms with Crippen LogP contribution < -0.4 is 0 Å². The van der Waals surface area contributed by atoms with Crippen LogP contribution >= 0.6 is 0 Å². The summed E-state index contributed by atoms with van der Waals surface area (Å²) in [6.45, 7) is 6.37. The highest BCUT2D eigenvalue weighted by Crippen LogP contribution is 2.49. The van der Waals surface area contributed by atoms with Crippen LogP contribution in [0.3, 0.4) is 0 Å². The van der Waals surface area contributed by atoms with Crippen molar-refractivity contribution in [3.05, 3.63) is 47.5 Å². The van der Waals surface area contributed by atoms with Gasteiger partial charge in [-0.2, -0.15) is 10.5 Å². The molecule has 0 fully saturated rings. The Labute approximate surface area is 121 Å². The van der Waals surface area contributed by atoms with Crippen LogP contribution in [0.2, 0.25) is 0 Å². The second-order valence-corrected chi connectivity index (χ2v) is 5.98. The highest BCUT2D eigenvalue weighted by molar-refractivity contribution is 5.40. The number of hydrogen-bond donors (Lipinski definition) is 0. The zero-order chi connectivity index (χ0) is 14.8. The molecule has 0 amide bonds. The molecule has 2 heteroatoms. The van der Waals surface area contributed by atoms with Crippen molar-refractivity contribution in [1.29, 1.82) is 10.5 Å². The fourth-order valence-electron chi connectivity index (χ4n) is 3.07. The summed E-state index contributed by atoms with van der Waals surface area (Å²) in [6.07, 6.45) is 2.99. The van der Waals surface area contributed by atoms with E-state index in [1.165, 1.54) is 5.57 Å². The van der Waals surface area contributed by atoms with Crippen molar-refractivity contribution in [3.63, 3.8) is 0 Å². The standard InChI is InChI=1S/C18H20N2/c1-13(2)16-9-14(3)18(11-19,12-20)17(10-16)15-7-5-4-6-8-15/h4-8,10,13-14,17H,9H2,1-3H3/t14-,17+/m1/s1. The van der Waals surface area contributed by atoms with Gasteiger partial charge in [0.05, 0.1) is 12.1 Å². The Hall–Kier alpha value is -2.06. The normalized spacial score (nSPS) is 24.6. The van der Waals surface area contributed by atoms with E-state index in [9.17, 15) is 10.5 Å². The number of benzene rings is 1. The molecule has 1 aromatic rings. The quantitative estimate of drug-likeness (QED) is 0.742. The molecule has 0 saturated carbocycles. The first-order valence-electron chi connectivity index (χ1n) is 7.13. The van der Waals surface area contributed by atoms with Gasteiger partial charge in [-0.1, -0.05) is 62.8 Å². The predicted octanol–water partition coefficient (Wildman–Crippen LogP) is 4.43. The van der Waals surface area contributed by atoms with Gasteiger partial charge in [0.2, 0.25) is 0 Å². The molecule has 0 aromatic heterocycles. The third-order valence-electron chi connectivity index (χ3n) is 4.46. The molecule has 2 rings (SSSR count). The van der Waals surface area contributed by atoms with Crippen LogP contribution in [0.1, 0.15) is 38.7 Å². The summed E-state index contributed by atoms with van der Waals surface area (Å²) in [4.78, 5) is 0. The van der Waals surface area contributed by atoms with Gasteiger partial charge in [0.15, 0.2) is 5.41 Å². The Morgan fingerprint density at radius 3 is 2.25 bits per heavy atom. The Kier molecular flexibility index (Phi) is 3.96. The molecule has 1 aliphatic carbocycles. The van der Waals surface area contributed by atoms with E-state index in [-0.39, 0.29) is 11.8 Å². The Morgan fingerprint density at radius 1 is 1.15 bits per heavy atom. The maximum absolute atomic E-state index is 9.67. The lowest BCUT2D eigenvalue weighted by atomic mass is 9.60. The van der Waals surface area contributed by atoms with E-state index in [2.05, 4.69) is 32.1 Å². The van der Waals surface area contributed by atoms with E-state index >= 15 is 0 Å². The largest absolute Gasteiger partial charge is 0.197 e.